The summed E-state index contributed by atoms with van der Waals surface area (Å²) in [6.07, 6.45) is 5.03. The predicted molar refractivity (Wildman–Crippen MR) is 67.2 cm³/mol. The van der Waals surface area contributed by atoms with Gasteiger partial charge < -0.3 is 9.84 Å². The number of allylic oxidation sites excluding steroid dienone is 1. The van der Waals surface area contributed by atoms with Gasteiger partial charge in [-0.2, -0.15) is 0 Å². The molecular formula is C11H18O2S2. The normalized spacial score (nSPS) is 22.3. The Labute approximate surface area is 99.8 Å². The van der Waals surface area contributed by atoms with Crippen molar-refractivity contribution >= 4 is 23.5 Å². The van der Waals surface area contributed by atoms with Gasteiger partial charge in [0.05, 0.1) is 6.61 Å². The summed E-state index contributed by atoms with van der Waals surface area (Å²) in [6.45, 7) is 0.579. The van der Waals surface area contributed by atoms with Crippen LogP contribution in [0.1, 0.15) is 25.7 Å². The molecule has 0 aromatic heterocycles. The van der Waals surface area contributed by atoms with E-state index in [0.29, 0.717) is 11.2 Å². The molecule has 2 nitrogen and oxygen atoms in total. The van der Waals surface area contributed by atoms with Crippen molar-refractivity contribution in [2.75, 3.05) is 24.7 Å². The molecular weight excluding hydrogens is 228 g/mol. The Hall–Kier alpha value is 0.200. The van der Waals surface area contributed by atoms with Crippen molar-refractivity contribution in [3.63, 3.8) is 0 Å². The van der Waals surface area contributed by atoms with Crippen LogP contribution in [0.5, 0.6) is 0 Å². The highest BCUT2D eigenvalue weighted by Crippen LogP contribution is 2.41. The minimum Gasteiger partial charge on any atom is -0.494 e. The average Bonchev–Trinajstić information content (AvgIpc) is 2.90. The zero-order chi connectivity index (χ0) is 10.5. The molecule has 1 aliphatic heterocycles. The number of hydrogen-bond acceptors (Lipinski definition) is 4. The van der Waals surface area contributed by atoms with Crippen molar-refractivity contribution in [1.29, 1.82) is 0 Å². The number of aliphatic hydroxyl groups excluding tert-OH is 1. The highest BCUT2D eigenvalue weighted by molar-refractivity contribution is 8.20. The molecule has 0 spiro atoms. The highest BCUT2D eigenvalue weighted by Gasteiger charge is 2.26. The standard InChI is InChI=1S/C11H18O2S2/c12-5-6-13-10(9-3-1-2-4-9)11-14-7-8-15-11/h11-12H,1-8H2. The smallest absolute Gasteiger partial charge is 0.118 e. The molecule has 15 heavy (non-hydrogen) atoms. The minimum absolute atomic E-state index is 0.124. The zero-order valence-electron chi connectivity index (χ0n) is 8.91. The van der Waals surface area contributed by atoms with Crippen LogP contribution in [0.4, 0.5) is 0 Å². The van der Waals surface area contributed by atoms with Gasteiger partial charge in [0.25, 0.3) is 0 Å². The molecule has 0 atom stereocenters. The topological polar surface area (TPSA) is 29.5 Å². The number of aliphatic hydroxyl groups is 1. The van der Waals surface area contributed by atoms with Gasteiger partial charge in [0.2, 0.25) is 0 Å². The van der Waals surface area contributed by atoms with E-state index in [4.69, 9.17) is 9.84 Å². The van der Waals surface area contributed by atoms with Crippen molar-refractivity contribution in [3.05, 3.63) is 11.3 Å². The summed E-state index contributed by atoms with van der Waals surface area (Å²) in [5.41, 5.74) is 1.51. The van der Waals surface area contributed by atoms with Crippen LogP contribution in [-0.2, 0) is 4.74 Å². The minimum atomic E-state index is 0.124. The van der Waals surface area contributed by atoms with Crippen LogP contribution in [0.2, 0.25) is 0 Å². The summed E-state index contributed by atoms with van der Waals surface area (Å²) in [7, 11) is 0. The molecule has 1 N–H and O–H groups in total. The molecule has 1 saturated heterocycles. The first-order chi connectivity index (χ1) is 7.42. The van der Waals surface area contributed by atoms with Crippen LogP contribution in [-0.4, -0.2) is 34.4 Å². The molecule has 2 fully saturated rings. The largest absolute Gasteiger partial charge is 0.494 e. The third-order valence-electron chi connectivity index (χ3n) is 2.74. The molecule has 86 valence electrons. The SMILES string of the molecule is OCCOC(=C1CCCC1)C1SCCS1. The first kappa shape index (κ1) is 11.7. The van der Waals surface area contributed by atoms with Crippen molar-refractivity contribution in [2.24, 2.45) is 0 Å². The van der Waals surface area contributed by atoms with Crippen molar-refractivity contribution in [3.8, 4) is 0 Å². The van der Waals surface area contributed by atoms with Gasteiger partial charge in [-0.1, -0.05) is 0 Å². The van der Waals surface area contributed by atoms with Crippen LogP contribution >= 0.6 is 23.5 Å². The van der Waals surface area contributed by atoms with Crippen molar-refractivity contribution in [1.82, 2.24) is 0 Å². The zero-order valence-corrected chi connectivity index (χ0v) is 10.5. The predicted octanol–water partition coefficient (Wildman–Crippen LogP) is 2.63. The van der Waals surface area contributed by atoms with Crippen molar-refractivity contribution in [2.45, 2.75) is 30.3 Å². The van der Waals surface area contributed by atoms with E-state index in [2.05, 4.69) is 0 Å². The third-order valence-corrected chi connectivity index (χ3v) is 5.73. The molecule has 0 bridgehead atoms. The molecule has 0 unspecified atom stereocenters. The van der Waals surface area contributed by atoms with Crippen LogP contribution < -0.4 is 0 Å². The van der Waals surface area contributed by atoms with E-state index in [1.807, 2.05) is 23.5 Å². The second kappa shape index (κ2) is 6.06. The fraction of sp³-hybridized carbons (Fsp3) is 0.818. The number of rotatable bonds is 4. The summed E-state index contributed by atoms with van der Waals surface area (Å²) >= 11 is 3.97. The van der Waals surface area contributed by atoms with E-state index in [0.717, 1.165) is 0 Å². The van der Waals surface area contributed by atoms with Gasteiger partial charge >= 0.3 is 0 Å². The van der Waals surface area contributed by atoms with E-state index < -0.39 is 0 Å². The van der Waals surface area contributed by atoms with E-state index in [1.54, 1.807) is 0 Å². The van der Waals surface area contributed by atoms with E-state index in [1.165, 1.54) is 48.5 Å². The van der Waals surface area contributed by atoms with Gasteiger partial charge in [-0.15, -0.1) is 23.5 Å². The molecule has 0 amide bonds. The quantitative estimate of drug-likeness (QED) is 0.772. The molecule has 0 radical (unpaired) electrons. The second-order valence-electron chi connectivity index (χ2n) is 3.82. The summed E-state index contributed by atoms with van der Waals surface area (Å²) in [6, 6.07) is 0. The molecule has 0 aromatic rings. The molecule has 1 saturated carbocycles. The lowest BCUT2D eigenvalue weighted by atomic mass is 10.2. The Morgan fingerprint density at radius 3 is 2.53 bits per heavy atom. The number of thioether (sulfide) groups is 2. The van der Waals surface area contributed by atoms with Gasteiger partial charge in [-0.05, 0) is 31.3 Å². The van der Waals surface area contributed by atoms with E-state index >= 15 is 0 Å². The fourth-order valence-electron chi connectivity index (χ4n) is 2.05. The third kappa shape index (κ3) is 3.08. The van der Waals surface area contributed by atoms with Gasteiger partial charge in [0, 0.05) is 11.5 Å². The van der Waals surface area contributed by atoms with Gasteiger partial charge in [-0.25, -0.2) is 0 Å². The van der Waals surface area contributed by atoms with Gasteiger partial charge in [0.1, 0.15) is 16.9 Å². The maximum absolute atomic E-state index is 8.84. The number of ether oxygens (including phenoxy) is 1. The van der Waals surface area contributed by atoms with Crippen LogP contribution in [0.15, 0.2) is 11.3 Å². The lowest BCUT2D eigenvalue weighted by Gasteiger charge is -2.17. The lowest BCUT2D eigenvalue weighted by molar-refractivity contribution is 0.143. The number of hydrogen-bond donors (Lipinski definition) is 1. The van der Waals surface area contributed by atoms with Crippen molar-refractivity contribution < 1.29 is 9.84 Å². The van der Waals surface area contributed by atoms with Gasteiger partial charge in [0.15, 0.2) is 0 Å². The van der Waals surface area contributed by atoms with Crippen LogP contribution in [0, 0.1) is 0 Å². The Balaban J connectivity index is 2.03. The molecule has 2 rings (SSSR count). The fourth-order valence-corrected chi connectivity index (χ4v) is 4.98. The molecule has 1 aliphatic carbocycles. The van der Waals surface area contributed by atoms with E-state index in [9.17, 15) is 0 Å². The second-order valence-corrected chi connectivity index (χ2v) is 6.54. The Morgan fingerprint density at radius 1 is 1.27 bits per heavy atom. The van der Waals surface area contributed by atoms with Crippen LogP contribution in [0.25, 0.3) is 0 Å². The molecule has 2 aliphatic rings. The molecule has 4 heteroatoms. The molecule has 0 aromatic carbocycles. The monoisotopic (exact) mass is 246 g/mol. The maximum Gasteiger partial charge on any atom is 0.118 e. The lowest BCUT2D eigenvalue weighted by Crippen LogP contribution is -2.09. The summed E-state index contributed by atoms with van der Waals surface area (Å²) in [4.78, 5) is 0. The Morgan fingerprint density at radius 2 is 1.93 bits per heavy atom. The first-order valence-electron chi connectivity index (χ1n) is 5.60. The van der Waals surface area contributed by atoms with Gasteiger partial charge in [-0.3, -0.25) is 0 Å². The molecule has 1 heterocycles. The van der Waals surface area contributed by atoms with E-state index in [-0.39, 0.29) is 6.61 Å². The summed E-state index contributed by atoms with van der Waals surface area (Å²) in [5, 5.41) is 8.84. The first-order valence-corrected chi connectivity index (χ1v) is 7.70. The summed E-state index contributed by atoms with van der Waals surface area (Å²) < 4.78 is 6.25. The van der Waals surface area contributed by atoms with Crippen LogP contribution in [0.3, 0.4) is 0 Å². The Kier molecular flexibility index (Phi) is 4.72. The highest BCUT2D eigenvalue weighted by atomic mass is 32.2. The Bertz CT molecular complexity index is 227. The average molecular weight is 246 g/mol. The maximum atomic E-state index is 8.84. The summed E-state index contributed by atoms with van der Waals surface area (Å²) in [5.74, 6) is 3.65.